The van der Waals surface area contributed by atoms with Crippen LogP contribution in [0.15, 0.2) is 27.7 Å². The molecule has 2 unspecified atom stereocenters. The average Bonchev–Trinajstić information content (AvgIpc) is 3.32. The lowest BCUT2D eigenvalue weighted by molar-refractivity contribution is -0.154. The zero-order chi connectivity index (χ0) is 27.0. The maximum absolute atomic E-state index is 13.2. The molecule has 2 saturated heterocycles. The Morgan fingerprint density at radius 1 is 1.22 bits per heavy atom. The van der Waals surface area contributed by atoms with E-state index in [2.05, 4.69) is 4.99 Å². The highest BCUT2D eigenvalue weighted by atomic mass is 32.2. The van der Waals surface area contributed by atoms with Crippen LogP contribution in [0, 0.1) is 17.3 Å². The van der Waals surface area contributed by atoms with Crippen molar-refractivity contribution in [3.63, 3.8) is 0 Å². The van der Waals surface area contributed by atoms with E-state index in [-0.39, 0.29) is 29.8 Å². The second-order valence-electron chi connectivity index (χ2n) is 11.4. The van der Waals surface area contributed by atoms with E-state index < -0.39 is 46.4 Å². The third kappa shape index (κ3) is 6.41. The summed E-state index contributed by atoms with van der Waals surface area (Å²) in [7, 11) is -1.25. The Kier molecular flexibility index (Phi) is 8.80. The van der Waals surface area contributed by atoms with Crippen LogP contribution in [0.3, 0.4) is 0 Å². The maximum atomic E-state index is 13.2. The average molecular weight is 524 g/mol. The Morgan fingerprint density at radius 2 is 1.89 bits per heavy atom. The summed E-state index contributed by atoms with van der Waals surface area (Å²) < 4.78 is 23.8. The van der Waals surface area contributed by atoms with E-state index in [9.17, 15) is 24.0 Å². The van der Waals surface area contributed by atoms with E-state index in [0.717, 1.165) is 24.8 Å². The number of cyclic esters (lactones) is 1. The minimum Gasteiger partial charge on any atom is -0.458 e. The van der Waals surface area contributed by atoms with Gasteiger partial charge in [-0.15, -0.1) is 0 Å². The summed E-state index contributed by atoms with van der Waals surface area (Å²) in [4.78, 5) is 30.5. The zero-order valence-corrected chi connectivity index (χ0v) is 23.3. The third-order valence-corrected chi connectivity index (χ3v) is 9.22. The van der Waals surface area contributed by atoms with Gasteiger partial charge in [-0.3, -0.25) is 9.59 Å². The fourth-order valence-corrected chi connectivity index (χ4v) is 5.84. The van der Waals surface area contributed by atoms with Gasteiger partial charge in [0.2, 0.25) is 0 Å². The second-order valence-corrected chi connectivity index (χ2v) is 12.9. The van der Waals surface area contributed by atoms with E-state index in [1.54, 1.807) is 39.2 Å². The molecule has 0 aromatic carbocycles. The summed E-state index contributed by atoms with van der Waals surface area (Å²) >= 11 is 0. The molecule has 0 amide bonds. The Labute approximate surface area is 216 Å². The number of aliphatic hydroxyl groups excluding tert-OH is 2. The highest BCUT2D eigenvalue weighted by molar-refractivity contribution is 8.03. The van der Waals surface area contributed by atoms with Crippen LogP contribution < -0.4 is 0 Å². The van der Waals surface area contributed by atoms with Gasteiger partial charge in [0, 0.05) is 17.7 Å². The molecular weight excluding hydrogens is 482 g/mol. The Balaban J connectivity index is 1.86. The maximum Gasteiger partial charge on any atom is 0.309 e. The van der Waals surface area contributed by atoms with Gasteiger partial charge in [0.15, 0.2) is 0 Å². The van der Waals surface area contributed by atoms with Crippen molar-refractivity contribution in [3.8, 4) is 0 Å². The quantitative estimate of drug-likeness (QED) is 0.418. The van der Waals surface area contributed by atoms with Gasteiger partial charge >= 0.3 is 5.97 Å². The van der Waals surface area contributed by atoms with Crippen molar-refractivity contribution in [1.82, 2.24) is 0 Å². The molecule has 9 heteroatoms. The minimum absolute atomic E-state index is 0.0947. The predicted octanol–water partition coefficient (Wildman–Crippen LogP) is 3.58. The number of rotatable bonds is 2. The number of allylic oxidation sites excluding steroid dienone is 1. The predicted molar refractivity (Wildman–Crippen MR) is 138 cm³/mol. The fraction of sp³-hybridized carbons (Fsp3) is 0.741. The van der Waals surface area contributed by atoms with Crippen molar-refractivity contribution in [2.75, 3.05) is 0 Å². The molecule has 202 valence electrons. The van der Waals surface area contributed by atoms with Crippen molar-refractivity contribution in [2.24, 2.45) is 22.2 Å². The number of hydrogen-bond acceptors (Lipinski definition) is 8. The normalized spacial score (nSPS) is 40.7. The smallest absolute Gasteiger partial charge is 0.309 e. The van der Waals surface area contributed by atoms with E-state index in [1.807, 2.05) is 20.8 Å². The topological polar surface area (TPSA) is 126 Å². The summed E-state index contributed by atoms with van der Waals surface area (Å²) in [5.41, 5.74) is -0.295. The molecule has 8 atom stereocenters. The highest BCUT2D eigenvalue weighted by Gasteiger charge is 2.53. The summed E-state index contributed by atoms with van der Waals surface area (Å²) in [6, 6.07) is 0. The summed E-state index contributed by atoms with van der Waals surface area (Å²) in [5.74, 6) is -1.68. The van der Waals surface area contributed by atoms with Crippen LogP contribution >= 0.6 is 0 Å². The number of ketones is 1. The number of nitrogens with zero attached hydrogens (tertiary/aromatic N) is 1. The molecule has 0 bridgehead atoms. The van der Waals surface area contributed by atoms with Crippen LogP contribution in [0.1, 0.15) is 80.6 Å². The number of hydrogen-bond donors (Lipinski definition) is 2. The Morgan fingerprint density at radius 3 is 2.50 bits per heavy atom. The molecule has 2 fully saturated rings. The van der Waals surface area contributed by atoms with Gasteiger partial charge in [-0.25, -0.2) is 9.20 Å². The highest BCUT2D eigenvalue weighted by Crippen LogP contribution is 2.45. The lowest BCUT2D eigenvalue weighted by atomic mass is 9.73. The Hall–Kier alpha value is -1.68. The molecule has 3 heterocycles. The minimum atomic E-state index is -1.27. The molecule has 3 rings (SSSR count). The van der Waals surface area contributed by atoms with Crippen molar-refractivity contribution in [2.45, 2.75) is 111 Å². The van der Waals surface area contributed by atoms with Gasteiger partial charge in [0.25, 0.3) is 0 Å². The fourth-order valence-electron chi connectivity index (χ4n) is 5.13. The number of esters is 1. The number of epoxide rings is 1. The van der Waals surface area contributed by atoms with Crippen molar-refractivity contribution >= 4 is 27.6 Å². The van der Waals surface area contributed by atoms with Crippen molar-refractivity contribution < 1.29 is 33.5 Å². The van der Waals surface area contributed by atoms with Gasteiger partial charge in [-0.05, 0) is 51.2 Å². The van der Waals surface area contributed by atoms with Gasteiger partial charge in [-0.1, -0.05) is 34.1 Å². The number of carbonyl (C=O) groups is 2. The van der Waals surface area contributed by atoms with Crippen LogP contribution in [-0.2, 0) is 29.9 Å². The van der Waals surface area contributed by atoms with E-state index in [0.29, 0.717) is 17.2 Å². The monoisotopic (exact) mass is 523 g/mol. The number of aliphatic hydroxyl groups is 2. The van der Waals surface area contributed by atoms with Crippen LogP contribution in [0.2, 0.25) is 0 Å². The molecule has 0 aliphatic carbocycles. The molecule has 0 aromatic rings. The molecule has 3 aliphatic rings. The van der Waals surface area contributed by atoms with Crippen LogP contribution in [0.4, 0.5) is 0 Å². The standard InChI is InChI=1S/C27H41NO7S/c1-15-9-8-10-27(7)22(35-27)12-20(16(2)11-19-14-36(33)18(4)28-19)34-23(30)13-21(29)26(5,6)25(32)17(3)24(15)31/h11,14-15,17,20-22,24,29,31H,8-10,12-13H2,1-7H3/b16-11+/t15-,17+,20-,21-,22-,24?,27+,36?/m0/s1. The molecule has 8 nitrogen and oxygen atoms in total. The molecule has 0 saturated carbocycles. The van der Waals surface area contributed by atoms with Crippen molar-refractivity contribution in [3.05, 3.63) is 22.8 Å². The Bertz CT molecular complexity index is 1000. The molecule has 2 N–H and O–H groups in total. The zero-order valence-electron chi connectivity index (χ0n) is 22.4. The van der Waals surface area contributed by atoms with Crippen LogP contribution in [0.5, 0.6) is 0 Å². The SMILES string of the molecule is CC1=NC(/C=C(\C)[C@@H]2C[C@@H]3O[C@]3(C)CCC[C@H](C)C(O)[C@@H](C)C(=O)C(C)(C)[C@@H](O)CC(=O)O2)=CS1=O. The number of Topliss-reactive ketones (excluding diaryl/α,β-unsaturated/α-hetero) is 1. The van der Waals surface area contributed by atoms with Crippen molar-refractivity contribution in [1.29, 1.82) is 0 Å². The molecule has 0 radical (unpaired) electrons. The van der Waals surface area contributed by atoms with Gasteiger partial charge in [0.05, 0.1) is 52.2 Å². The first-order chi connectivity index (χ1) is 16.7. The molecule has 0 spiro atoms. The third-order valence-electron chi connectivity index (χ3n) is 8.10. The number of carbonyl (C=O) groups excluding carboxylic acids is 2. The summed E-state index contributed by atoms with van der Waals surface area (Å²) in [5, 5.41) is 23.8. The number of aliphatic imine (C=N–C) groups is 1. The first kappa shape index (κ1) is 28.9. The number of ether oxygens (including phenoxy) is 2. The van der Waals surface area contributed by atoms with E-state index in [4.69, 9.17) is 9.47 Å². The first-order valence-corrected chi connectivity index (χ1v) is 14.0. The molecule has 0 aromatic heterocycles. The van der Waals surface area contributed by atoms with Crippen LogP contribution in [-0.4, -0.2) is 61.2 Å². The molecule has 3 aliphatic heterocycles. The van der Waals surface area contributed by atoms with Gasteiger partial charge < -0.3 is 19.7 Å². The lowest BCUT2D eigenvalue weighted by Crippen LogP contribution is -2.45. The van der Waals surface area contributed by atoms with E-state index >= 15 is 0 Å². The van der Waals surface area contributed by atoms with Gasteiger partial charge in [-0.2, -0.15) is 0 Å². The lowest BCUT2D eigenvalue weighted by Gasteiger charge is -2.34. The van der Waals surface area contributed by atoms with Gasteiger partial charge in [0.1, 0.15) is 16.9 Å². The number of fused-ring (bicyclic) bond motifs is 1. The second kappa shape index (κ2) is 11.0. The van der Waals surface area contributed by atoms with E-state index in [1.165, 1.54) is 0 Å². The largest absolute Gasteiger partial charge is 0.458 e. The molecule has 36 heavy (non-hydrogen) atoms. The summed E-state index contributed by atoms with van der Waals surface area (Å²) in [6.07, 6.45) is 1.38. The molecular formula is C27H41NO7S. The first-order valence-electron chi connectivity index (χ1n) is 12.8. The van der Waals surface area contributed by atoms with Crippen LogP contribution in [0.25, 0.3) is 0 Å². The summed E-state index contributed by atoms with van der Waals surface area (Å²) in [6.45, 7) is 12.4.